The van der Waals surface area contributed by atoms with E-state index in [0.29, 0.717) is 12.8 Å². The molecule has 2 aromatic rings. The molecule has 0 radical (unpaired) electrons. The maximum Gasteiger partial charge on any atom is 0.410 e. The molecule has 18 unspecified atom stereocenters. The van der Waals surface area contributed by atoms with Gasteiger partial charge in [0.25, 0.3) is 0 Å². The van der Waals surface area contributed by atoms with Crippen LogP contribution in [0.25, 0.3) is 0 Å². The Morgan fingerprint density at radius 3 is 1.74 bits per heavy atom. The summed E-state index contributed by atoms with van der Waals surface area (Å²) in [5, 5.41) is 83.6. The van der Waals surface area contributed by atoms with Crippen LogP contribution in [0.5, 0.6) is 0 Å². The summed E-state index contributed by atoms with van der Waals surface area (Å²) in [5.41, 5.74) is 36.8. The smallest absolute Gasteiger partial charge is 0.410 e. The van der Waals surface area contributed by atoms with Crippen molar-refractivity contribution in [2.24, 2.45) is 45.3 Å². The number of fused-ring (bicyclic) bond motifs is 4. The summed E-state index contributed by atoms with van der Waals surface area (Å²) in [6, 6.07) is 12.0. The number of aliphatic hydroxyl groups is 7. The molecule has 0 spiro atoms. The molecule has 11 rings (SSSR count). The van der Waals surface area contributed by atoms with Gasteiger partial charge in [-0.05, 0) is 57.7 Å². The number of alkyl carbamates (subject to hydrolysis) is 2. The molecule has 3 amide bonds. The highest BCUT2D eigenvalue weighted by atomic mass is 16.8. The molecule has 0 aromatic heterocycles. The van der Waals surface area contributed by atoms with Crippen LogP contribution in [0.4, 0.5) is 14.4 Å². The summed E-state index contributed by atoms with van der Waals surface area (Å²) in [5.74, 6) is -0.571. The van der Waals surface area contributed by atoms with Gasteiger partial charge < -0.3 is 148 Å². The summed E-state index contributed by atoms with van der Waals surface area (Å²) < 4.78 is 77.9. The van der Waals surface area contributed by atoms with Gasteiger partial charge >= 0.3 is 18.3 Å². The average Bonchev–Trinajstić information content (AvgIpc) is 1.13. The van der Waals surface area contributed by atoms with Gasteiger partial charge in [-0.3, -0.25) is 4.90 Å². The van der Waals surface area contributed by atoms with Crippen molar-refractivity contribution in [3.05, 3.63) is 71.8 Å². The Morgan fingerprint density at radius 1 is 0.562 bits per heavy atom. The normalized spacial score (nSPS) is 43.6. The summed E-state index contributed by atoms with van der Waals surface area (Å²) >= 11 is 0. The first-order chi connectivity index (χ1) is 45.3. The van der Waals surface area contributed by atoms with Gasteiger partial charge in [-0.15, -0.1) is 0 Å². The number of likely N-dealkylation sites (N-methyl/N-ethyl adjacent to an activating group) is 2. The third-order valence-electron chi connectivity index (χ3n) is 19.2. The molecule has 7 heterocycles. The Morgan fingerprint density at radius 2 is 1.11 bits per heavy atom. The van der Waals surface area contributed by atoms with Crippen molar-refractivity contribution in [1.29, 1.82) is 0 Å². The van der Waals surface area contributed by atoms with Gasteiger partial charge in [0.15, 0.2) is 49.8 Å². The number of hydrogen-bond donors (Lipinski definition) is 16. The predicted octanol–water partition coefficient (Wildman–Crippen LogP) is -3.72. The van der Waals surface area contributed by atoms with E-state index in [1.54, 1.807) is 20.9 Å². The largest absolute Gasteiger partial charge is 0.445 e. The number of aliphatic imine (C=N–C) groups is 1. The lowest BCUT2D eigenvalue weighted by molar-refractivity contribution is -0.372. The quantitative estimate of drug-likeness (QED) is 0.0437. The zero-order valence-corrected chi connectivity index (χ0v) is 53.4. The molecule has 2 saturated carbocycles. The minimum absolute atomic E-state index is 0. The number of guanidine groups is 1. The Bertz CT molecular complexity index is 2850. The molecule has 7 saturated heterocycles. The fourth-order valence-corrected chi connectivity index (χ4v) is 13.7. The Hall–Kier alpha value is -5.36. The zero-order valence-electron chi connectivity index (χ0n) is 53.4. The Kier molecular flexibility index (Phi) is 25.5. The monoisotopic (exact) mass is 1370 g/mol. The van der Waals surface area contributed by atoms with Crippen LogP contribution >= 0.6 is 0 Å². The van der Waals surface area contributed by atoms with E-state index in [4.69, 9.17) is 96.0 Å². The van der Waals surface area contributed by atoms with Crippen LogP contribution in [-0.2, 0) is 74.8 Å². The van der Waals surface area contributed by atoms with E-state index in [1.807, 2.05) is 67.6 Å². The fourth-order valence-electron chi connectivity index (χ4n) is 13.7. The lowest BCUT2D eigenvalue weighted by atomic mass is 9.85. The number of carbonyl (C=O) groups excluding carboxylic acids is 3. The number of nitrogens with zero attached hydrogens (tertiary/aromatic N) is 2. The topological polar surface area (TPSA) is 521 Å². The van der Waals surface area contributed by atoms with Crippen molar-refractivity contribution in [2.45, 2.75) is 270 Å². The van der Waals surface area contributed by atoms with Crippen molar-refractivity contribution in [2.75, 3.05) is 14.1 Å². The van der Waals surface area contributed by atoms with Crippen molar-refractivity contribution < 1.29 is 112 Å². The van der Waals surface area contributed by atoms with Gasteiger partial charge in [-0.1, -0.05) is 75.0 Å². The van der Waals surface area contributed by atoms with E-state index in [-0.39, 0.29) is 58.2 Å². The number of nitrogens with one attached hydrogen (secondary N) is 3. The highest BCUT2D eigenvalue weighted by Gasteiger charge is 2.61. The van der Waals surface area contributed by atoms with Crippen molar-refractivity contribution in [3.63, 3.8) is 0 Å². The van der Waals surface area contributed by atoms with E-state index in [1.165, 1.54) is 11.9 Å². The van der Waals surface area contributed by atoms with Crippen LogP contribution in [0.3, 0.4) is 0 Å². The lowest BCUT2D eigenvalue weighted by Crippen LogP contribution is -2.69. The van der Waals surface area contributed by atoms with Gasteiger partial charge in [-0.2, -0.15) is 0 Å². The first-order valence-electron chi connectivity index (χ1n) is 32.2. The highest BCUT2D eigenvalue weighted by Crippen LogP contribution is 2.43. The predicted molar refractivity (Wildman–Crippen MR) is 334 cm³/mol. The van der Waals surface area contributed by atoms with E-state index in [9.17, 15) is 50.1 Å². The minimum Gasteiger partial charge on any atom is -0.445 e. The Labute approximate surface area is 556 Å². The van der Waals surface area contributed by atoms with Crippen LogP contribution < -0.4 is 50.4 Å². The number of benzene rings is 2. The van der Waals surface area contributed by atoms with Gasteiger partial charge in [0.05, 0.1) is 79.0 Å². The standard InChI is InChI=1S/C39H52N4O14.C22H43N7O9.CH4/c1-19-14-27-32(33-29(43(3)39(49)56-33)35(54-27)57-36-31(46)30(45)28(40)20(2)52-36)55-34(19)53-26-16-25(44)23(41-37(47)50-17-21-10-6-4-7-11-21)15-24(26)42-38(48)51-18-22-12-8-5-9-13-22;1-6-13(29-22(26)27)15(31)17(33)21(34-6)38-20-14(28-2)16(32)18-12(36-20)4-9(25)19(37-18)35-11-5-10(30)7(23)3-8(11)24;/h4-13,19-20,23-36,44-46H,14-18,40H2,1-3H3,(H,41,47)(H,42,48);6-21,28,30-33H,3-5,23-25H2,1-2H3,(H4,26,27,29);1H4/t19?,20?,23-,24?,25?,26+,27+,28-,29?,30+,31?,32?,33?,34+,35?,36-;6?,7-,8?,9?,10?,11+,12+,13-,14?,15+,16?,17?,18?,19+,20?,21-;/m11./s1. The van der Waals surface area contributed by atoms with Crippen LogP contribution in [0.2, 0.25) is 0 Å². The van der Waals surface area contributed by atoms with E-state index in [0.717, 1.165) is 11.1 Å². The molecule has 22 N–H and O–H groups in total. The third-order valence-corrected chi connectivity index (χ3v) is 19.2. The molecule has 2 aliphatic carbocycles. The molecule has 2 aromatic carbocycles. The molecule has 7 aliphatic heterocycles. The average molecular weight is 1370 g/mol. The summed E-state index contributed by atoms with van der Waals surface area (Å²) in [6.07, 6.45) is -22.5. The molecular formula is C62H99N11O23. The van der Waals surface area contributed by atoms with Gasteiger partial charge in [0.2, 0.25) is 0 Å². The fraction of sp³-hybridized carbons (Fsp3) is 0.742. The highest BCUT2D eigenvalue weighted by molar-refractivity contribution is 5.76. The van der Waals surface area contributed by atoms with E-state index in [2.05, 4.69) is 20.9 Å². The van der Waals surface area contributed by atoms with Crippen LogP contribution in [-0.4, -0.2) is 269 Å². The van der Waals surface area contributed by atoms with Crippen molar-refractivity contribution in [1.82, 2.24) is 20.9 Å². The van der Waals surface area contributed by atoms with Crippen LogP contribution in [0.1, 0.15) is 77.8 Å². The number of aliphatic hydroxyl groups excluding tert-OH is 7. The second-order valence-electron chi connectivity index (χ2n) is 26.0. The van der Waals surface area contributed by atoms with Crippen molar-refractivity contribution in [3.8, 4) is 0 Å². The minimum atomic E-state index is -1.50. The maximum absolute atomic E-state index is 13.2. The molecule has 34 heteroatoms. The SMILES string of the molecule is C.CC1C[C@@H]2OC(O[C@H]3OC(C)[C@@H](N)[C@H](O)C3O)C3C(OC(=O)N3C)C2O[C@@H]1O[C@H]1CC(O)[C@H](NC(=O)OCc2ccccc2)CC1NC(=O)OCc1ccccc1.CNC1C(O[C@H]2OC(C)[C@@H](N=C(N)N)[C@H](O)C2O)O[C@H]2CC(N)[C@@H](O[C@H]3CC(O)[C@H](N)CC3N)OC2C1O. The summed E-state index contributed by atoms with van der Waals surface area (Å²) in [7, 11) is 3.13. The molecule has 9 fully saturated rings. The number of amides is 3. The number of hydrogen-bond acceptors (Lipinski definition) is 29. The van der Waals surface area contributed by atoms with Crippen LogP contribution in [0, 0.1) is 5.92 Å². The number of carbonyl (C=O) groups is 3. The molecule has 32 atom stereocenters. The number of ether oxygens (including phenoxy) is 13. The summed E-state index contributed by atoms with van der Waals surface area (Å²) in [4.78, 5) is 44.1. The summed E-state index contributed by atoms with van der Waals surface area (Å²) in [6.45, 7) is 5.22. The maximum atomic E-state index is 13.2. The van der Waals surface area contributed by atoms with Crippen LogP contribution in [0.15, 0.2) is 65.7 Å². The number of nitrogens with two attached hydrogens (primary N) is 6. The van der Waals surface area contributed by atoms with E-state index < -0.39 is 208 Å². The first-order valence-corrected chi connectivity index (χ1v) is 32.2. The third kappa shape index (κ3) is 17.3. The number of rotatable bonds is 16. The second-order valence-corrected chi connectivity index (χ2v) is 26.0. The molecule has 9 aliphatic rings. The van der Waals surface area contributed by atoms with E-state index >= 15 is 0 Å². The molecule has 0 bridgehead atoms. The molecule has 34 nitrogen and oxygen atoms in total. The van der Waals surface area contributed by atoms with Crippen molar-refractivity contribution >= 4 is 24.2 Å². The molecule has 96 heavy (non-hydrogen) atoms. The van der Waals surface area contributed by atoms with Gasteiger partial charge in [-0.25, -0.2) is 19.4 Å². The Balaban J connectivity index is 0.000000242. The molecular weight excluding hydrogens is 1270 g/mol. The lowest BCUT2D eigenvalue weighted by Gasteiger charge is -2.51. The first kappa shape index (κ1) is 74.9. The second kappa shape index (κ2) is 32.8. The van der Waals surface area contributed by atoms with Gasteiger partial charge in [0, 0.05) is 37.9 Å². The molecule has 540 valence electrons. The van der Waals surface area contributed by atoms with Gasteiger partial charge in [0.1, 0.15) is 68.0 Å². The zero-order chi connectivity index (χ0) is 68.3.